The molecule has 1 aromatic heterocycles. The Balaban J connectivity index is 1.37. The topological polar surface area (TPSA) is 65.5 Å². The number of carbonyl (C=O) groups is 2. The molecule has 0 radical (unpaired) electrons. The summed E-state index contributed by atoms with van der Waals surface area (Å²) in [5, 5.41) is 3.35. The molecule has 33 heavy (non-hydrogen) atoms. The van der Waals surface area contributed by atoms with E-state index >= 15 is 0 Å². The van der Waals surface area contributed by atoms with Gasteiger partial charge in [-0.25, -0.2) is 13.8 Å². The molecule has 170 valence electrons. The molecule has 2 heterocycles. The van der Waals surface area contributed by atoms with Crippen molar-refractivity contribution in [3.05, 3.63) is 88.6 Å². The summed E-state index contributed by atoms with van der Waals surface area (Å²) >= 11 is 5.85. The lowest BCUT2D eigenvalue weighted by Gasteiger charge is -2.23. The van der Waals surface area contributed by atoms with Crippen LogP contribution in [0.3, 0.4) is 0 Å². The van der Waals surface area contributed by atoms with Crippen LogP contribution in [0.2, 0.25) is 5.02 Å². The normalized spacial score (nSPS) is 14.0. The van der Waals surface area contributed by atoms with Crippen LogP contribution in [0, 0.1) is 11.6 Å². The van der Waals surface area contributed by atoms with Crippen molar-refractivity contribution in [2.24, 2.45) is 0 Å². The van der Waals surface area contributed by atoms with Crippen molar-refractivity contribution in [3.63, 3.8) is 0 Å². The standard InChI is InChI=1S/C24H21ClF2N4O2/c25-17-4-2-16(3-5-17)23(32)29-19-7-9-22(28-15-19)30-10-1-11-31(13-12-30)24(33)20-8-6-18(26)14-21(20)27/h2-9,14-15H,1,10-13H2,(H,29,32). The van der Waals surface area contributed by atoms with E-state index in [4.69, 9.17) is 11.6 Å². The second-order valence-corrected chi connectivity index (χ2v) is 8.06. The van der Waals surface area contributed by atoms with Gasteiger partial charge in [0.15, 0.2) is 0 Å². The van der Waals surface area contributed by atoms with E-state index in [1.54, 1.807) is 47.5 Å². The van der Waals surface area contributed by atoms with Crippen LogP contribution in [0.1, 0.15) is 27.1 Å². The highest BCUT2D eigenvalue weighted by Crippen LogP contribution is 2.19. The number of amides is 2. The van der Waals surface area contributed by atoms with Crippen LogP contribution in [0.25, 0.3) is 0 Å². The molecule has 1 saturated heterocycles. The predicted molar refractivity (Wildman–Crippen MR) is 123 cm³/mol. The molecular formula is C24H21ClF2N4O2. The summed E-state index contributed by atoms with van der Waals surface area (Å²) < 4.78 is 27.2. The van der Waals surface area contributed by atoms with E-state index in [9.17, 15) is 18.4 Å². The summed E-state index contributed by atoms with van der Waals surface area (Å²) in [5.74, 6) is -1.59. The Morgan fingerprint density at radius 1 is 0.939 bits per heavy atom. The number of nitrogens with one attached hydrogen (secondary N) is 1. The molecule has 2 amide bonds. The first-order chi connectivity index (χ1) is 15.9. The lowest BCUT2D eigenvalue weighted by Crippen LogP contribution is -2.35. The first-order valence-corrected chi connectivity index (χ1v) is 10.8. The molecule has 0 unspecified atom stereocenters. The van der Waals surface area contributed by atoms with Crippen LogP contribution in [0.15, 0.2) is 60.8 Å². The third kappa shape index (κ3) is 5.46. The van der Waals surface area contributed by atoms with Crippen LogP contribution >= 0.6 is 11.6 Å². The Morgan fingerprint density at radius 3 is 2.42 bits per heavy atom. The van der Waals surface area contributed by atoms with E-state index in [2.05, 4.69) is 10.3 Å². The quantitative estimate of drug-likeness (QED) is 0.604. The second kappa shape index (κ2) is 9.95. The zero-order chi connectivity index (χ0) is 23.4. The number of anilines is 2. The molecular weight excluding hydrogens is 450 g/mol. The summed E-state index contributed by atoms with van der Waals surface area (Å²) in [4.78, 5) is 33.1. The van der Waals surface area contributed by atoms with Crippen LogP contribution in [0.5, 0.6) is 0 Å². The maximum absolute atomic E-state index is 14.0. The van der Waals surface area contributed by atoms with Crippen molar-refractivity contribution in [2.45, 2.75) is 6.42 Å². The SMILES string of the molecule is O=C(Nc1ccc(N2CCCN(C(=O)c3ccc(F)cc3F)CC2)nc1)c1ccc(Cl)cc1. The van der Waals surface area contributed by atoms with E-state index in [1.165, 1.54) is 6.07 Å². The highest BCUT2D eigenvalue weighted by atomic mass is 35.5. The van der Waals surface area contributed by atoms with Gasteiger partial charge >= 0.3 is 0 Å². The Bertz CT molecular complexity index is 1160. The van der Waals surface area contributed by atoms with Gasteiger partial charge in [0.1, 0.15) is 17.5 Å². The molecule has 1 fully saturated rings. The Labute approximate surface area is 194 Å². The van der Waals surface area contributed by atoms with Crippen molar-refractivity contribution in [3.8, 4) is 0 Å². The third-order valence-corrected chi connectivity index (χ3v) is 5.63. The molecule has 0 aliphatic carbocycles. The minimum Gasteiger partial charge on any atom is -0.355 e. The summed E-state index contributed by atoms with van der Waals surface area (Å²) in [7, 11) is 0. The van der Waals surface area contributed by atoms with Gasteiger partial charge in [-0.1, -0.05) is 11.6 Å². The zero-order valence-corrected chi connectivity index (χ0v) is 18.4. The number of pyridine rings is 1. The molecule has 1 N–H and O–H groups in total. The molecule has 1 aliphatic rings. The molecule has 6 nitrogen and oxygen atoms in total. The van der Waals surface area contributed by atoms with E-state index in [0.717, 1.165) is 6.07 Å². The lowest BCUT2D eigenvalue weighted by atomic mass is 10.1. The van der Waals surface area contributed by atoms with Crippen LogP contribution in [-0.2, 0) is 0 Å². The van der Waals surface area contributed by atoms with Crippen LogP contribution in [0.4, 0.5) is 20.3 Å². The van der Waals surface area contributed by atoms with Gasteiger partial charge in [0.05, 0.1) is 17.4 Å². The maximum Gasteiger partial charge on any atom is 0.256 e. The monoisotopic (exact) mass is 470 g/mol. The minimum atomic E-state index is -0.862. The molecule has 1 aliphatic heterocycles. The van der Waals surface area contributed by atoms with Crippen molar-refractivity contribution >= 4 is 34.9 Å². The van der Waals surface area contributed by atoms with Gasteiger partial charge in [-0.15, -0.1) is 0 Å². The smallest absolute Gasteiger partial charge is 0.256 e. The number of hydrogen-bond acceptors (Lipinski definition) is 4. The predicted octanol–water partition coefficient (Wildman–Crippen LogP) is 4.62. The number of nitrogens with zero attached hydrogens (tertiary/aromatic N) is 3. The fourth-order valence-corrected chi connectivity index (χ4v) is 3.76. The number of carbonyl (C=O) groups excluding carboxylic acids is 2. The van der Waals surface area contributed by atoms with Crippen molar-refractivity contribution in [1.29, 1.82) is 0 Å². The number of halogens is 3. The Hall–Kier alpha value is -3.52. The van der Waals surface area contributed by atoms with Gasteiger partial charge in [0, 0.05) is 42.8 Å². The summed E-state index contributed by atoms with van der Waals surface area (Å²) in [6.45, 7) is 2.02. The van der Waals surface area contributed by atoms with Gasteiger partial charge in [0.25, 0.3) is 11.8 Å². The van der Waals surface area contributed by atoms with Gasteiger partial charge in [0.2, 0.25) is 0 Å². The third-order valence-electron chi connectivity index (χ3n) is 5.38. The number of rotatable bonds is 4. The van der Waals surface area contributed by atoms with Crippen molar-refractivity contribution < 1.29 is 18.4 Å². The molecule has 0 saturated carbocycles. The van der Waals surface area contributed by atoms with Gasteiger partial charge in [-0.05, 0) is 55.0 Å². The average Bonchev–Trinajstić information content (AvgIpc) is 3.06. The molecule has 4 rings (SSSR count). The van der Waals surface area contributed by atoms with E-state index in [1.807, 2.05) is 4.90 Å². The largest absolute Gasteiger partial charge is 0.355 e. The lowest BCUT2D eigenvalue weighted by molar-refractivity contribution is 0.0762. The van der Waals surface area contributed by atoms with E-state index in [0.29, 0.717) is 60.8 Å². The fraction of sp³-hybridized carbons (Fsp3) is 0.208. The average molecular weight is 471 g/mol. The first kappa shape index (κ1) is 22.7. The van der Waals surface area contributed by atoms with E-state index in [-0.39, 0.29) is 11.5 Å². The zero-order valence-electron chi connectivity index (χ0n) is 17.6. The number of benzene rings is 2. The fourth-order valence-electron chi connectivity index (χ4n) is 3.63. The highest BCUT2D eigenvalue weighted by Gasteiger charge is 2.23. The number of hydrogen-bond donors (Lipinski definition) is 1. The van der Waals surface area contributed by atoms with Gasteiger partial charge in [-0.2, -0.15) is 0 Å². The molecule has 0 bridgehead atoms. The summed E-state index contributed by atoms with van der Waals surface area (Å²) in [6.07, 6.45) is 2.25. The highest BCUT2D eigenvalue weighted by molar-refractivity contribution is 6.30. The molecule has 2 aromatic carbocycles. The molecule has 0 atom stereocenters. The first-order valence-electron chi connectivity index (χ1n) is 10.4. The van der Waals surface area contributed by atoms with Gasteiger partial charge in [-0.3, -0.25) is 9.59 Å². The molecule has 3 aromatic rings. The van der Waals surface area contributed by atoms with Crippen molar-refractivity contribution in [1.82, 2.24) is 9.88 Å². The van der Waals surface area contributed by atoms with Crippen LogP contribution in [-0.4, -0.2) is 47.9 Å². The second-order valence-electron chi connectivity index (χ2n) is 7.62. The number of aromatic nitrogens is 1. The Kier molecular flexibility index (Phi) is 6.84. The van der Waals surface area contributed by atoms with Crippen molar-refractivity contribution in [2.75, 3.05) is 36.4 Å². The summed E-state index contributed by atoms with van der Waals surface area (Å²) in [6, 6.07) is 13.1. The molecule has 9 heteroatoms. The van der Waals surface area contributed by atoms with Gasteiger partial charge < -0.3 is 15.1 Å². The minimum absolute atomic E-state index is 0.135. The maximum atomic E-state index is 14.0. The summed E-state index contributed by atoms with van der Waals surface area (Å²) in [5.41, 5.74) is 0.902. The molecule has 0 spiro atoms. The van der Waals surface area contributed by atoms with Crippen LogP contribution < -0.4 is 10.2 Å². The van der Waals surface area contributed by atoms with E-state index < -0.39 is 17.5 Å². The Morgan fingerprint density at radius 2 is 1.73 bits per heavy atom.